The summed E-state index contributed by atoms with van der Waals surface area (Å²) in [6.45, 7) is 3.78. The van der Waals surface area contributed by atoms with Gasteiger partial charge in [0.1, 0.15) is 6.54 Å². The van der Waals surface area contributed by atoms with E-state index in [0.29, 0.717) is 13.2 Å². The molecule has 0 aromatic rings. The normalized spacial score (nSPS) is 10.1. The van der Waals surface area contributed by atoms with Crippen molar-refractivity contribution in [2.45, 2.75) is 19.9 Å². The van der Waals surface area contributed by atoms with Crippen LogP contribution < -0.4 is 10.6 Å². The van der Waals surface area contributed by atoms with E-state index in [1.165, 1.54) is 12.0 Å². The van der Waals surface area contributed by atoms with Gasteiger partial charge in [0.05, 0.1) is 13.2 Å². The number of nitrogens with zero attached hydrogens (tertiary/aromatic N) is 1. The molecule has 8 heteroatoms. The predicted octanol–water partition coefficient (Wildman–Crippen LogP) is -0.746. The van der Waals surface area contributed by atoms with Crippen molar-refractivity contribution in [3.63, 3.8) is 0 Å². The summed E-state index contributed by atoms with van der Waals surface area (Å²) in [6.07, 6.45) is 0. The lowest BCUT2D eigenvalue weighted by molar-refractivity contribution is -0.137. The summed E-state index contributed by atoms with van der Waals surface area (Å²) >= 11 is 0. The molecule has 0 radical (unpaired) electrons. The van der Waals surface area contributed by atoms with Crippen LogP contribution in [0.2, 0.25) is 0 Å². The van der Waals surface area contributed by atoms with Gasteiger partial charge >= 0.3 is 12.0 Å². The van der Waals surface area contributed by atoms with Crippen molar-refractivity contribution in [3.05, 3.63) is 0 Å². The molecule has 0 bridgehead atoms. The summed E-state index contributed by atoms with van der Waals surface area (Å²) in [5, 5.41) is 12.9. The first-order valence-electron chi connectivity index (χ1n) is 5.90. The number of aliphatic carboxylic acids is 1. The standard InChI is InChI=1S/C11H21N3O5/c1-8(2)14(4-5-19-3)11(18)13-6-9(15)12-7-10(16)17/h8H,4-7H2,1-3H3,(H,12,15)(H,13,18)(H,16,17). The third kappa shape index (κ3) is 7.98. The van der Waals surface area contributed by atoms with Crippen molar-refractivity contribution in [2.75, 3.05) is 33.4 Å². The number of carbonyl (C=O) groups excluding carboxylic acids is 2. The molecule has 0 heterocycles. The largest absolute Gasteiger partial charge is 0.480 e. The Kier molecular flexibility index (Phi) is 8.27. The van der Waals surface area contributed by atoms with Gasteiger partial charge in [0.2, 0.25) is 5.91 Å². The number of rotatable bonds is 8. The van der Waals surface area contributed by atoms with E-state index in [1.54, 1.807) is 0 Å². The Bertz CT molecular complexity index is 319. The fourth-order valence-corrected chi connectivity index (χ4v) is 1.28. The van der Waals surface area contributed by atoms with E-state index < -0.39 is 24.5 Å². The number of urea groups is 1. The number of hydrogen-bond donors (Lipinski definition) is 3. The maximum atomic E-state index is 11.8. The number of ether oxygens (including phenoxy) is 1. The van der Waals surface area contributed by atoms with Crippen LogP contribution in [0.4, 0.5) is 4.79 Å². The van der Waals surface area contributed by atoms with Gasteiger partial charge in [0, 0.05) is 19.7 Å². The third-order valence-electron chi connectivity index (χ3n) is 2.26. The lowest BCUT2D eigenvalue weighted by Crippen LogP contribution is -2.48. The van der Waals surface area contributed by atoms with E-state index in [1.807, 2.05) is 13.8 Å². The van der Waals surface area contributed by atoms with Crippen molar-refractivity contribution in [3.8, 4) is 0 Å². The minimum atomic E-state index is -1.14. The second-order valence-corrected chi connectivity index (χ2v) is 4.11. The molecule has 3 amide bonds. The number of carboxylic acid groups (broad SMARTS) is 1. The highest BCUT2D eigenvalue weighted by Gasteiger charge is 2.17. The van der Waals surface area contributed by atoms with Crippen molar-refractivity contribution < 1.29 is 24.2 Å². The number of carboxylic acids is 1. The highest BCUT2D eigenvalue weighted by molar-refractivity contribution is 5.86. The van der Waals surface area contributed by atoms with Crippen LogP contribution >= 0.6 is 0 Å². The van der Waals surface area contributed by atoms with Crippen LogP contribution in [0.1, 0.15) is 13.8 Å². The van der Waals surface area contributed by atoms with Gasteiger partial charge in [-0.2, -0.15) is 0 Å². The third-order valence-corrected chi connectivity index (χ3v) is 2.26. The maximum absolute atomic E-state index is 11.8. The fourth-order valence-electron chi connectivity index (χ4n) is 1.28. The van der Waals surface area contributed by atoms with Crippen LogP contribution in [0, 0.1) is 0 Å². The van der Waals surface area contributed by atoms with Crippen LogP contribution in [-0.2, 0) is 14.3 Å². The van der Waals surface area contributed by atoms with Crippen molar-refractivity contribution >= 4 is 17.9 Å². The quantitative estimate of drug-likeness (QED) is 0.540. The Balaban J connectivity index is 4.11. The summed E-state index contributed by atoms with van der Waals surface area (Å²) < 4.78 is 4.90. The first-order chi connectivity index (χ1) is 8.88. The van der Waals surface area contributed by atoms with E-state index in [0.717, 1.165) is 0 Å². The Hall–Kier alpha value is -1.83. The lowest BCUT2D eigenvalue weighted by atomic mass is 10.3. The molecule has 110 valence electrons. The van der Waals surface area contributed by atoms with E-state index in [4.69, 9.17) is 9.84 Å². The molecule has 0 spiro atoms. The van der Waals surface area contributed by atoms with Gasteiger partial charge in [-0.25, -0.2) is 4.79 Å². The summed E-state index contributed by atoms with van der Waals surface area (Å²) in [7, 11) is 1.54. The van der Waals surface area contributed by atoms with Gasteiger partial charge < -0.3 is 25.4 Å². The molecule has 3 N–H and O–H groups in total. The molecule has 0 rings (SSSR count). The van der Waals surface area contributed by atoms with Crippen LogP contribution in [-0.4, -0.2) is 67.3 Å². The molecule has 8 nitrogen and oxygen atoms in total. The van der Waals surface area contributed by atoms with Crippen LogP contribution in [0.5, 0.6) is 0 Å². The fraction of sp³-hybridized carbons (Fsp3) is 0.727. The van der Waals surface area contributed by atoms with Gasteiger partial charge in [-0.15, -0.1) is 0 Å². The zero-order valence-electron chi connectivity index (χ0n) is 11.4. The average Bonchev–Trinajstić information content (AvgIpc) is 2.33. The van der Waals surface area contributed by atoms with Gasteiger partial charge in [-0.1, -0.05) is 0 Å². The number of nitrogens with one attached hydrogen (secondary N) is 2. The molecular weight excluding hydrogens is 254 g/mol. The van der Waals surface area contributed by atoms with E-state index in [9.17, 15) is 14.4 Å². The predicted molar refractivity (Wildman–Crippen MR) is 67.8 cm³/mol. The molecule has 0 aliphatic carbocycles. The highest BCUT2D eigenvalue weighted by atomic mass is 16.5. The van der Waals surface area contributed by atoms with Crippen molar-refractivity contribution in [1.29, 1.82) is 0 Å². The van der Waals surface area contributed by atoms with E-state index >= 15 is 0 Å². The molecule has 0 unspecified atom stereocenters. The van der Waals surface area contributed by atoms with Gasteiger partial charge in [-0.3, -0.25) is 9.59 Å². The molecule has 0 aromatic heterocycles. The zero-order valence-corrected chi connectivity index (χ0v) is 11.4. The van der Waals surface area contributed by atoms with Gasteiger partial charge in [0.15, 0.2) is 0 Å². The van der Waals surface area contributed by atoms with E-state index in [-0.39, 0.29) is 12.6 Å². The minimum absolute atomic E-state index is 0.0303. The number of carbonyl (C=O) groups is 3. The second kappa shape index (κ2) is 9.15. The molecule has 0 aromatic carbocycles. The maximum Gasteiger partial charge on any atom is 0.322 e. The highest BCUT2D eigenvalue weighted by Crippen LogP contribution is 1.98. The van der Waals surface area contributed by atoms with Crippen molar-refractivity contribution in [1.82, 2.24) is 15.5 Å². The molecule has 0 saturated carbocycles. The Morgan fingerprint density at radius 3 is 2.32 bits per heavy atom. The monoisotopic (exact) mass is 275 g/mol. The average molecular weight is 275 g/mol. The molecule has 0 atom stereocenters. The van der Waals surface area contributed by atoms with Crippen molar-refractivity contribution in [2.24, 2.45) is 0 Å². The lowest BCUT2D eigenvalue weighted by Gasteiger charge is -2.26. The van der Waals surface area contributed by atoms with Crippen LogP contribution in [0.3, 0.4) is 0 Å². The zero-order chi connectivity index (χ0) is 14.8. The summed E-state index contributed by atoms with van der Waals surface area (Å²) in [5.41, 5.74) is 0. The number of methoxy groups -OCH3 is 1. The van der Waals surface area contributed by atoms with Crippen LogP contribution in [0.25, 0.3) is 0 Å². The Morgan fingerprint density at radius 2 is 1.84 bits per heavy atom. The van der Waals surface area contributed by atoms with E-state index in [2.05, 4.69) is 10.6 Å². The summed E-state index contributed by atoms with van der Waals surface area (Å²) in [6, 6.07) is -0.422. The molecule has 0 saturated heterocycles. The minimum Gasteiger partial charge on any atom is -0.480 e. The van der Waals surface area contributed by atoms with Gasteiger partial charge in [0.25, 0.3) is 0 Å². The SMILES string of the molecule is COCCN(C(=O)NCC(=O)NCC(=O)O)C(C)C. The first-order valence-corrected chi connectivity index (χ1v) is 5.90. The summed E-state index contributed by atoms with van der Waals surface area (Å²) in [4.78, 5) is 34.8. The van der Waals surface area contributed by atoms with Gasteiger partial charge in [-0.05, 0) is 13.8 Å². The molecule has 0 aliphatic heterocycles. The topological polar surface area (TPSA) is 108 Å². The Labute approximate surface area is 112 Å². The molecule has 0 fully saturated rings. The number of hydrogen-bond acceptors (Lipinski definition) is 4. The summed E-state index contributed by atoms with van der Waals surface area (Å²) in [5.74, 6) is -1.69. The number of amides is 3. The molecule has 19 heavy (non-hydrogen) atoms. The molecule has 0 aliphatic rings. The first kappa shape index (κ1) is 17.2. The van der Waals surface area contributed by atoms with Crippen LogP contribution in [0.15, 0.2) is 0 Å². The Morgan fingerprint density at radius 1 is 1.21 bits per heavy atom. The smallest absolute Gasteiger partial charge is 0.322 e. The second-order valence-electron chi connectivity index (χ2n) is 4.11. The molecular formula is C11H21N3O5.